The highest BCUT2D eigenvalue weighted by molar-refractivity contribution is 5.32. The molecule has 0 saturated heterocycles. The first-order valence-corrected chi connectivity index (χ1v) is 5.91. The quantitative estimate of drug-likeness (QED) is 0.821. The second kappa shape index (κ2) is 3.63. The molecule has 1 heterocycles. The van der Waals surface area contributed by atoms with Crippen molar-refractivity contribution in [1.82, 2.24) is 9.78 Å². The Labute approximate surface area is 91.7 Å². The van der Waals surface area contributed by atoms with Gasteiger partial charge in [0.2, 0.25) is 0 Å². The van der Waals surface area contributed by atoms with Crippen molar-refractivity contribution in [3.8, 4) is 0 Å². The molecule has 2 N–H and O–H groups in total. The maximum atomic E-state index is 6.26. The number of nitrogens with two attached hydrogens (primary N) is 1. The zero-order chi connectivity index (χ0) is 11.1. The van der Waals surface area contributed by atoms with E-state index in [9.17, 15) is 0 Å². The highest BCUT2D eigenvalue weighted by atomic mass is 15.3. The first kappa shape index (κ1) is 10.7. The molecule has 3 nitrogen and oxygen atoms in total. The third-order valence-electron chi connectivity index (χ3n) is 3.17. The van der Waals surface area contributed by atoms with Crippen molar-refractivity contribution in [2.24, 2.45) is 11.7 Å². The summed E-state index contributed by atoms with van der Waals surface area (Å²) in [5, 5.41) is 4.43. The molecule has 1 saturated carbocycles. The first-order valence-electron chi connectivity index (χ1n) is 5.91. The van der Waals surface area contributed by atoms with E-state index in [0.717, 1.165) is 25.8 Å². The van der Waals surface area contributed by atoms with Gasteiger partial charge in [0.15, 0.2) is 0 Å². The lowest BCUT2D eigenvalue weighted by Crippen LogP contribution is -2.21. The third-order valence-corrected chi connectivity index (χ3v) is 3.17. The predicted octanol–water partition coefficient (Wildman–Crippen LogP) is 2.05. The molecule has 0 spiro atoms. The van der Waals surface area contributed by atoms with Crippen LogP contribution < -0.4 is 5.73 Å². The number of hydrogen-bond acceptors (Lipinski definition) is 2. The lowest BCUT2D eigenvalue weighted by atomic mass is 10.00. The maximum absolute atomic E-state index is 6.26. The van der Waals surface area contributed by atoms with E-state index >= 15 is 0 Å². The summed E-state index contributed by atoms with van der Waals surface area (Å²) in [5.74, 6) is 0.660. The topological polar surface area (TPSA) is 43.8 Å². The first-order chi connectivity index (χ1) is 7.07. The van der Waals surface area contributed by atoms with E-state index in [0.29, 0.717) is 5.92 Å². The summed E-state index contributed by atoms with van der Waals surface area (Å²) in [6.45, 7) is 7.56. The standard InChI is InChI=1S/C12H21N3/c1-4-15-11(7-9(2)3)10(8-14-15)12(13)5-6-12/h8-9H,4-7,13H2,1-3H3. The molecule has 0 amide bonds. The Balaban J connectivity index is 2.33. The summed E-state index contributed by atoms with van der Waals surface area (Å²) in [6.07, 6.45) is 5.30. The van der Waals surface area contributed by atoms with Crippen molar-refractivity contribution in [3.05, 3.63) is 17.5 Å². The number of hydrogen-bond donors (Lipinski definition) is 1. The van der Waals surface area contributed by atoms with Crippen LogP contribution in [0.25, 0.3) is 0 Å². The summed E-state index contributed by atoms with van der Waals surface area (Å²) >= 11 is 0. The van der Waals surface area contributed by atoms with Crippen LogP contribution in [0.5, 0.6) is 0 Å². The molecule has 84 valence electrons. The molecule has 0 unspecified atom stereocenters. The Morgan fingerprint density at radius 2 is 2.20 bits per heavy atom. The van der Waals surface area contributed by atoms with Crippen molar-refractivity contribution < 1.29 is 0 Å². The fraction of sp³-hybridized carbons (Fsp3) is 0.750. The van der Waals surface area contributed by atoms with Gasteiger partial charge in [-0.2, -0.15) is 5.10 Å². The van der Waals surface area contributed by atoms with Crippen molar-refractivity contribution in [2.45, 2.75) is 52.1 Å². The number of nitrogens with zero attached hydrogens (tertiary/aromatic N) is 2. The van der Waals surface area contributed by atoms with Gasteiger partial charge in [-0.05, 0) is 32.1 Å². The van der Waals surface area contributed by atoms with Gasteiger partial charge in [-0.1, -0.05) is 13.8 Å². The van der Waals surface area contributed by atoms with Gasteiger partial charge in [0.25, 0.3) is 0 Å². The normalized spacial score (nSPS) is 18.5. The van der Waals surface area contributed by atoms with Crippen molar-refractivity contribution in [1.29, 1.82) is 0 Å². The van der Waals surface area contributed by atoms with Crippen molar-refractivity contribution in [3.63, 3.8) is 0 Å². The fourth-order valence-corrected chi connectivity index (χ4v) is 2.11. The van der Waals surface area contributed by atoms with E-state index < -0.39 is 0 Å². The minimum atomic E-state index is -0.0440. The Bertz CT molecular complexity index is 348. The van der Waals surface area contributed by atoms with Crippen molar-refractivity contribution >= 4 is 0 Å². The van der Waals surface area contributed by atoms with Crippen LogP contribution in [0.3, 0.4) is 0 Å². The van der Waals surface area contributed by atoms with Crippen LogP contribution in [0.15, 0.2) is 6.20 Å². The summed E-state index contributed by atoms with van der Waals surface area (Å²) in [5.41, 5.74) is 8.86. The largest absolute Gasteiger partial charge is 0.321 e. The highest BCUT2D eigenvalue weighted by Crippen LogP contribution is 2.44. The molecule has 1 fully saturated rings. The second-order valence-corrected chi connectivity index (χ2v) is 5.07. The fourth-order valence-electron chi connectivity index (χ4n) is 2.11. The zero-order valence-electron chi connectivity index (χ0n) is 9.95. The Kier molecular flexibility index (Phi) is 2.59. The number of aromatic nitrogens is 2. The molecule has 0 atom stereocenters. The molecular weight excluding hydrogens is 186 g/mol. The van der Waals surface area contributed by atoms with Gasteiger partial charge in [-0.3, -0.25) is 4.68 Å². The summed E-state index contributed by atoms with van der Waals surface area (Å²) in [4.78, 5) is 0. The highest BCUT2D eigenvalue weighted by Gasteiger charge is 2.43. The van der Waals surface area contributed by atoms with Gasteiger partial charge in [0.1, 0.15) is 0 Å². The van der Waals surface area contributed by atoms with Crippen LogP contribution in [0.2, 0.25) is 0 Å². The maximum Gasteiger partial charge on any atom is 0.0543 e. The van der Waals surface area contributed by atoms with Crippen molar-refractivity contribution in [2.75, 3.05) is 0 Å². The molecule has 0 bridgehead atoms. The number of aryl methyl sites for hydroxylation is 1. The Morgan fingerprint density at radius 1 is 1.53 bits per heavy atom. The molecule has 0 aliphatic heterocycles. The molecule has 0 radical (unpaired) electrons. The van der Waals surface area contributed by atoms with E-state index in [1.807, 2.05) is 6.20 Å². The predicted molar refractivity (Wildman–Crippen MR) is 61.5 cm³/mol. The molecular formula is C12H21N3. The van der Waals surface area contributed by atoms with Crippen LogP contribution in [-0.2, 0) is 18.5 Å². The molecule has 1 aromatic heterocycles. The van der Waals surface area contributed by atoms with E-state index in [2.05, 4.69) is 30.6 Å². The smallest absolute Gasteiger partial charge is 0.0543 e. The summed E-state index contributed by atoms with van der Waals surface area (Å²) in [7, 11) is 0. The van der Waals surface area contributed by atoms with Gasteiger partial charge in [-0.15, -0.1) is 0 Å². The van der Waals surface area contributed by atoms with Crippen LogP contribution >= 0.6 is 0 Å². The van der Waals surface area contributed by atoms with E-state index in [1.54, 1.807) is 0 Å². The molecule has 15 heavy (non-hydrogen) atoms. The zero-order valence-corrected chi connectivity index (χ0v) is 9.95. The monoisotopic (exact) mass is 207 g/mol. The third kappa shape index (κ3) is 1.93. The molecule has 2 rings (SSSR count). The van der Waals surface area contributed by atoms with Crippen LogP contribution in [0.1, 0.15) is 44.9 Å². The Hall–Kier alpha value is -0.830. The number of rotatable bonds is 4. The molecule has 3 heteroatoms. The Morgan fingerprint density at radius 3 is 2.67 bits per heavy atom. The van der Waals surface area contributed by atoms with Crippen LogP contribution in [0, 0.1) is 5.92 Å². The van der Waals surface area contributed by atoms with Gasteiger partial charge in [0, 0.05) is 23.3 Å². The molecule has 1 aliphatic carbocycles. The van der Waals surface area contributed by atoms with E-state index in [-0.39, 0.29) is 5.54 Å². The molecule has 0 aromatic carbocycles. The minimum absolute atomic E-state index is 0.0440. The van der Waals surface area contributed by atoms with Gasteiger partial charge in [-0.25, -0.2) is 0 Å². The van der Waals surface area contributed by atoms with E-state index in [1.165, 1.54) is 11.3 Å². The second-order valence-electron chi connectivity index (χ2n) is 5.07. The van der Waals surface area contributed by atoms with Gasteiger partial charge in [0.05, 0.1) is 6.20 Å². The molecule has 1 aliphatic rings. The lowest BCUT2D eigenvalue weighted by Gasteiger charge is -2.13. The SMILES string of the molecule is CCn1ncc(C2(N)CC2)c1CC(C)C. The van der Waals surface area contributed by atoms with Crippen LogP contribution in [-0.4, -0.2) is 9.78 Å². The van der Waals surface area contributed by atoms with Crippen LogP contribution in [0.4, 0.5) is 0 Å². The summed E-state index contributed by atoms with van der Waals surface area (Å²) in [6, 6.07) is 0. The van der Waals surface area contributed by atoms with E-state index in [4.69, 9.17) is 5.73 Å². The van der Waals surface area contributed by atoms with Gasteiger partial charge < -0.3 is 5.73 Å². The average molecular weight is 207 g/mol. The lowest BCUT2D eigenvalue weighted by molar-refractivity contribution is 0.553. The molecule has 1 aromatic rings. The van der Waals surface area contributed by atoms with Gasteiger partial charge >= 0.3 is 0 Å². The minimum Gasteiger partial charge on any atom is -0.321 e. The average Bonchev–Trinajstić information content (AvgIpc) is 2.78. The summed E-state index contributed by atoms with van der Waals surface area (Å²) < 4.78 is 2.10.